The normalized spacial score (nSPS) is 14.2. The molecule has 1 atom stereocenters. The molecule has 24 heavy (non-hydrogen) atoms. The number of fused-ring (bicyclic) bond motifs is 1. The van der Waals surface area contributed by atoms with E-state index in [0.717, 1.165) is 43.0 Å². The Morgan fingerprint density at radius 3 is 2.83 bits per heavy atom. The molecule has 1 unspecified atom stereocenters. The highest BCUT2D eigenvalue weighted by Crippen LogP contribution is 2.15. The minimum Gasteiger partial charge on any atom is -0.394 e. The van der Waals surface area contributed by atoms with Gasteiger partial charge in [0.25, 0.3) is 0 Å². The van der Waals surface area contributed by atoms with Gasteiger partial charge in [0.2, 0.25) is 0 Å². The highest BCUT2D eigenvalue weighted by Gasteiger charge is 2.18. The molecule has 2 amide bonds. The van der Waals surface area contributed by atoms with Gasteiger partial charge in [-0.05, 0) is 24.0 Å². The van der Waals surface area contributed by atoms with Gasteiger partial charge in [-0.3, -0.25) is 0 Å². The van der Waals surface area contributed by atoms with Crippen molar-refractivity contribution in [1.82, 2.24) is 25.4 Å². The molecule has 0 radical (unpaired) electrons. The van der Waals surface area contributed by atoms with Gasteiger partial charge in [-0.2, -0.15) is 0 Å². The van der Waals surface area contributed by atoms with Crippen LogP contribution in [0.3, 0.4) is 0 Å². The van der Waals surface area contributed by atoms with Crippen molar-refractivity contribution in [2.75, 3.05) is 6.61 Å². The van der Waals surface area contributed by atoms with Crippen LogP contribution in [0.15, 0.2) is 24.3 Å². The molecule has 0 saturated heterocycles. The van der Waals surface area contributed by atoms with Crippen LogP contribution < -0.4 is 10.6 Å². The number of nitrogens with zero attached hydrogens (tertiary/aromatic N) is 3. The zero-order valence-corrected chi connectivity index (χ0v) is 13.8. The number of carbonyl (C=O) groups is 1. The van der Waals surface area contributed by atoms with Gasteiger partial charge in [-0.15, -0.1) is 10.2 Å². The Morgan fingerprint density at radius 1 is 1.33 bits per heavy atom. The fourth-order valence-electron chi connectivity index (χ4n) is 2.93. The van der Waals surface area contributed by atoms with E-state index in [-0.39, 0.29) is 12.6 Å². The number of aryl methyl sites for hydroxylation is 2. The van der Waals surface area contributed by atoms with E-state index in [9.17, 15) is 9.90 Å². The topological polar surface area (TPSA) is 92.1 Å². The van der Waals surface area contributed by atoms with Crippen molar-refractivity contribution in [3.05, 3.63) is 47.0 Å². The lowest BCUT2D eigenvalue weighted by Gasteiger charge is -2.17. The van der Waals surface area contributed by atoms with Crippen LogP contribution in [-0.4, -0.2) is 32.5 Å². The Bertz CT molecular complexity index is 696. The molecule has 7 heteroatoms. The average molecular weight is 329 g/mol. The molecule has 0 saturated carbocycles. The fraction of sp³-hybridized carbons (Fsp3) is 0.471. The van der Waals surface area contributed by atoms with Crippen molar-refractivity contribution in [2.24, 2.45) is 0 Å². The van der Waals surface area contributed by atoms with Crippen LogP contribution >= 0.6 is 0 Å². The fourth-order valence-corrected chi connectivity index (χ4v) is 2.93. The monoisotopic (exact) mass is 329 g/mol. The summed E-state index contributed by atoms with van der Waals surface area (Å²) in [5, 5.41) is 23.4. The molecular weight excluding hydrogens is 306 g/mol. The van der Waals surface area contributed by atoms with Crippen LogP contribution in [0.1, 0.15) is 42.2 Å². The summed E-state index contributed by atoms with van der Waals surface area (Å²) in [4.78, 5) is 12.1. The van der Waals surface area contributed by atoms with Gasteiger partial charge in [-0.25, -0.2) is 4.79 Å². The van der Waals surface area contributed by atoms with Crippen molar-refractivity contribution in [1.29, 1.82) is 0 Å². The summed E-state index contributed by atoms with van der Waals surface area (Å²) in [6.07, 6.45) is 2.98. The van der Waals surface area contributed by atoms with Crippen molar-refractivity contribution < 1.29 is 9.90 Å². The lowest BCUT2D eigenvalue weighted by Crippen LogP contribution is -2.39. The van der Waals surface area contributed by atoms with Crippen LogP contribution in [0.25, 0.3) is 0 Å². The second kappa shape index (κ2) is 7.44. The van der Waals surface area contributed by atoms with Crippen LogP contribution in [0.2, 0.25) is 0 Å². The molecule has 0 fully saturated rings. The molecule has 1 aliphatic rings. The molecule has 3 rings (SSSR count). The highest BCUT2D eigenvalue weighted by atomic mass is 16.3. The maximum absolute atomic E-state index is 12.1. The van der Waals surface area contributed by atoms with Crippen LogP contribution in [0, 0.1) is 0 Å². The van der Waals surface area contributed by atoms with E-state index < -0.39 is 6.04 Å². The number of rotatable bonds is 6. The SMILES string of the molecule is CCc1ccc(C(CO)NC(=O)NCc2nnc3n2CCC3)cc1. The second-order valence-corrected chi connectivity index (χ2v) is 5.94. The molecule has 2 heterocycles. The van der Waals surface area contributed by atoms with Gasteiger partial charge in [0.05, 0.1) is 19.2 Å². The van der Waals surface area contributed by atoms with E-state index in [1.54, 1.807) is 0 Å². The number of carbonyl (C=O) groups excluding carboxylic acids is 1. The summed E-state index contributed by atoms with van der Waals surface area (Å²) in [7, 11) is 0. The van der Waals surface area contributed by atoms with Gasteiger partial charge >= 0.3 is 6.03 Å². The number of aliphatic hydroxyl groups is 1. The molecule has 7 nitrogen and oxygen atoms in total. The van der Waals surface area contributed by atoms with Gasteiger partial charge in [0.1, 0.15) is 5.82 Å². The summed E-state index contributed by atoms with van der Waals surface area (Å²) in [5.74, 6) is 1.75. The first-order valence-electron chi connectivity index (χ1n) is 8.36. The third kappa shape index (κ3) is 3.56. The van der Waals surface area contributed by atoms with E-state index in [0.29, 0.717) is 6.54 Å². The van der Waals surface area contributed by atoms with Crippen molar-refractivity contribution in [3.8, 4) is 0 Å². The minimum atomic E-state index is -0.431. The first-order valence-corrected chi connectivity index (χ1v) is 8.36. The third-order valence-corrected chi connectivity index (χ3v) is 4.37. The molecule has 0 spiro atoms. The lowest BCUT2D eigenvalue weighted by atomic mass is 10.0. The van der Waals surface area contributed by atoms with Gasteiger partial charge in [0.15, 0.2) is 5.82 Å². The number of amides is 2. The predicted molar refractivity (Wildman–Crippen MR) is 89.4 cm³/mol. The minimum absolute atomic E-state index is 0.154. The van der Waals surface area contributed by atoms with E-state index in [1.165, 1.54) is 5.56 Å². The maximum atomic E-state index is 12.1. The number of nitrogens with one attached hydrogen (secondary N) is 2. The molecule has 0 bridgehead atoms. The van der Waals surface area contributed by atoms with E-state index in [1.807, 2.05) is 28.8 Å². The Labute approximate surface area is 141 Å². The molecule has 128 valence electrons. The summed E-state index contributed by atoms with van der Waals surface area (Å²) in [6.45, 7) is 3.17. The summed E-state index contributed by atoms with van der Waals surface area (Å²) < 4.78 is 2.05. The van der Waals surface area contributed by atoms with Gasteiger partial charge < -0.3 is 20.3 Å². The number of hydrogen-bond donors (Lipinski definition) is 3. The molecule has 1 aromatic heterocycles. The molecule has 2 aromatic rings. The number of benzene rings is 1. The van der Waals surface area contributed by atoms with Crippen LogP contribution in [0.5, 0.6) is 0 Å². The number of aromatic nitrogens is 3. The third-order valence-electron chi connectivity index (χ3n) is 4.37. The maximum Gasteiger partial charge on any atom is 0.315 e. The van der Waals surface area contributed by atoms with Crippen LogP contribution in [0.4, 0.5) is 4.79 Å². The first kappa shape index (κ1) is 16.4. The summed E-state index contributed by atoms with van der Waals surface area (Å²) >= 11 is 0. The standard InChI is InChI=1S/C17H23N5O2/c1-2-12-5-7-13(8-6-12)14(11-23)19-17(24)18-10-16-21-20-15-4-3-9-22(15)16/h5-8,14,23H,2-4,9-11H2,1H3,(H2,18,19,24). The number of urea groups is 1. The van der Waals surface area contributed by atoms with E-state index >= 15 is 0 Å². The molecule has 1 aliphatic heterocycles. The van der Waals surface area contributed by atoms with Crippen molar-refractivity contribution in [2.45, 2.75) is 45.3 Å². The average Bonchev–Trinajstić information content (AvgIpc) is 3.22. The first-order chi connectivity index (χ1) is 11.7. The summed E-state index contributed by atoms with van der Waals surface area (Å²) in [5.41, 5.74) is 2.11. The molecule has 0 aliphatic carbocycles. The Hall–Kier alpha value is -2.41. The lowest BCUT2D eigenvalue weighted by molar-refractivity contribution is 0.216. The Morgan fingerprint density at radius 2 is 2.12 bits per heavy atom. The zero-order chi connectivity index (χ0) is 16.9. The Kier molecular flexibility index (Phi) is 5.10. The zero-order valence-electron chi connectivity index (χ0n) is 13.8. The molecule has 1 aromatic carbocycles. The van der Waals surface area contributed by atoms with Crippen molar-refractivity contribution in [3.63, 3.8) is 0 Å². The van der Waals surface area contributed by atoms with Crippen LogP contribution in [-0.2, 0) is 25.9 Å². The summed E-state index contributed by atoms with van der Waals surface area (Å²) in [6, 6.07) is 7.13. The quantitative estimate of drug-likeness (QED) is 0.745. The van der Waals surface area contributed by atoms with Gasteiger partial charge in [-0.1, -0.05) is 31.2 Å². The largest absolute Gasteiger partial charge is 0.394 e. The Balaban J connectivity index is 1.56. The number of aliphatic hydroxyl groups excluding tert-OH is 1. The molecule has 3 N–H and O–H groups in total. The predicted octanol–water partition coefficient (Wildman–Crippen LogP) is 1.32. The van der Waals surface area contributed by atoms with Crippen molar-refractivity contribution >= 4 is 6.03 Å². The van der Waals surface area contributed by atoms with Gasteiger partial charge in [0, 0.05) is 13.0 Å². The number of hydrogen-bond acceptors (Lipinski definition) is 4. The molecular formula is C17H23N5O2. The smallest absolute Gasteiger partial charge is 0.315 e. The second-order valence-electron chi connectivity index (χ2n) is 5.94. The van der Waals surface area contributed by atoms with E-state index in [2.05, 4.69) is 27.8 Å². The van der Waals surface area contributed by atoms with E-state index in [4.69, 9.17) is 0 Å². The highest BCUT2D eigenvalue weighted by molar-refractivity contribution is 5.74.